The minimum absolute atomic E-state index is 0.0311. The van der Waals surface area contributed by atoms with E-state index in [0.29, 0.717) is 34.0 Å². The third kappa shape index (κ3) is 5.12. The van der Waals surface area contributed by atoms with Crippen LogP contribution >= 0.6 is 11.6 Å². The molecule has 1 amide bonds. The summed E-state index contributed by atoms with van der Waals surface area (Å²) in [5.74, 6) is -0.165. The Morgan fingerprint density at radius 3 is 2.64 bits per heavy atom. The van der Waals surface area contributed by atoms with Crippen LogP contribution in [0.1, 0.15) is 24.5 Å². The van der Waals surface area contributed by atoms with Gasteiger partial charge in [-0.3, -0.25) is 9.52 Å². The van der Waals surface area contributed by atoms with Crippen molar-refractivity contribution in [2.45, 2.75) is 37.4 Å². The predicted molar refractivity (Wildman–Crippen MR) is 124 cm³/mol. The van der Waals surface area contributed by atoms with Crippen LogP contribution in [0.2, 0.25) is 5.02 Å². The highest BCUT2D eigenvalue weighted by Crippen LogP contribution is 2.31. The van der Waals surface area contributed by atoms with Gasteiger partial charge in [0.25, 0.3) is 15.9 Å². The molecule has 0 radical (unpaired) electrons. The molecule has 0 saturated carbocycles. The number of rotatable bonds is 6. The number of carbonyl (C=O) groups excluding carboxylic acids is 1. The fourth-order valence-electron chi connectivity index (χ4n) is 3.64. The summed E-state index contributed by atoms with van der Waals surface area (Å²) < 4.78 is 48.2. The Hall–Kier alpha value is -3.10. The Morgan fingerprint density at radius 2 is 1.91 bits per heavy atom. The second-order valence-corrected chi connectivity index (χ2v) is 9.80. The minimum Gasteiger partial charge on any atom is -0.480 e. The zero-order chi connectivity index (χ0) is 23.6. The number of anilines is 1. The Kier molecular flexibility index (Phi) is 6.58. The average molecular weight is 489 g/mol. The van der Waals surface area contributed by atoms with Crippen LogP contribution in [-0.4, -0.2) is 25.3 Å². The van der Waals surface area contributed by atoms with Crippen molar-refractivity contribution in [2.24, 2.45) is 0 Å². The molecule has 0 spiro atoms. The lowest BCUT2D eigenvalue weighted by Crippen LogP contribution is -2.39. The topological polar surface area (TPSA) is 75.7 Å². The van der Waals surface area contributed by atoms with E-state index in [4.69, 9.17) is 16.3 Å². The number of fused-ring (bicyclic) bond motifs is 1. The van der Waals surface area contributed by atoms with Crippen LogP contribution in [0.5, 0.6) is 5.75 Å². The second kappa shape index (κ2) is 9.41. The van der Waals surface area contributed by atoms with Gasteiger partial charge in [-0.25, -0.2) is 12.8 Å². The van der Waals surface area contributed by atoms with E-state index in [9.17, 15) is 17.6 Å². The van der Waals surface area contributed by atoms with E-state index in [1.54, 1.807) is 48.5 Å². The molecule has 3 aromatic carbocycles. The van der Waals surface area contributed by atoms with Crippen molar-refractivity contribution in [1.82, 2.24) is 4.90 Å². The van der Waals surface area contributed by atoms with Crippen molar-refractivity contribution in [1.29, 1.82) is 0 Å². The molecule has 1 N–H and O–H groups in total. The van der Waals surface area contributed by atoms with Gasteiger partial charge in [0.1, 0.15) is 11.6 Å². The number of benzene rings is 3. The number of carbonyl (C=O) groups is 1. The number of sulfonamides is 1. The summed E-state index contributed by atoms with van der Waals surface area (Å²) in [4.78, 5) is 14.6. The van der Waals surface area contributed by atoms with Crippen LogP contribution in [0, 0.1) is 5.82 Å². The van der Waals surface area contributed by atoms with E-state index >= 15 is 0 Å². The average Bonchev–Trinajstić information content (AvgIpc) is 2.91. The van der Waals surface area contributed by atoms with Crippen LogP contribution < -0.4 is 9.46 Å². The highest BCUT2D eigenvalue weighted by Gasteiger charge is 2.30. The molecule has 33 heavy (non-hydrogen) atoms. The first-order valence-corrected chi connectivity index (χ1v) is 12.2. The van der Waals surface area contributed by atoms with Gasteiger partial charge in [-0.05, 0) is 48.9 Å². The summed E-state index contributed by atoms with van der Waals surface area (Å²) >= 11 is 5.93. The summed E-state index contributed by atoms with van der Waals surface area (Å²) in [6.07, 6.45) is -0.276. The number of ether oxygens (including phenoxy) is 1. The fourth-order valence-corrected chi connectivity index (χ4v) is 4.99. The summed E-state index contributed by atoms with van der Waals surface area (Å²) in [5, 5.41) is 0.307. The monoisotopic (exact) mass is 488 g/mol. The molecular formula is C24H22ClFN2O4S. The van der Waals surface area contributed by atoms with Gasteiger partial charge in [0.15, 0.2) is 6.10 Å². The highest BCUT2D eigenvalue weighted by molar-refractivity contribution is 7.92. The number of halogens is 2. The van der Waals surface area contributed by atoms with Crippen molar-refractivity contribution < 1.29 is 22.3 Å². The lowest BCUT2D eigenvalue weighted by atomic mass is 10.1. The molecule has 0 aromatic heterocycles. The molecule has 4 rings (SSSR count). The minimum atomic E-state index is -3.87. The molecule has 1 heterocycles. The molecule has 6 nitrogen and oxygen atoms in total. The van der Waals surface area contributed by atoms with Gasteiger partial charge in [0.2, 0.25) is 0 Å². The first-order valence-electron chi connectivity index (χ1n) is 10.4. The molecule has 0 bridgehead atoms. The van der Waals surface area contributed by atoms with Crippen LogP contribution in [-0.2, 0) is 27.9 Å². The summed E-state index contributed by atoms with van der Waals surface area (Å²) in [6.45, 7) is 2.05. The van der Waals surface area contributed by atoms with E-state index in [-0.39, 0.29) is 23.9 Å². The molecule has 1 aliphatic rings. The van der Waals surface area contributed by atoms with Gasteiger partial charge >= 0.3 is 0 Å². The smallest absolute Gasteiger partial charge is 0.264 e. The molecule has 0 saturated heterocycles. The Bertz CT molecular complexity index is 1300. The van der Waals surface area contributed by atoms with Gasteiger partial charge in [-0.15, -0.1) is 0 Å². The molecule has 3 aromatic rings. The van der Waals surface area contributed by atoms with E-state index in [1.807, 2.05) is 6.92 Å². The standard InChI is InChI=1S/C24H22ClFN2O4S/c1-2-22-24(29)28(14-16-6-3-4-9-21(16)26)15-17-12-19(10-11-23(17)32-22)27-33(30,31)20-8-5-7-18(25)13-20/h3-13,22,27H,2,14-15H2,1H3. The summed E-state index contributed by atoms with van der Waals surface area (Å²) in [6, 6.07) is 17.1. The quantitative estimate of drug-likeness (QED) is 0.531. The van der Waals surface area contributed by atoms with Crippen LogP contribution in [0.3, 0.4) is 0 Å². The lowest BCUT2D eigenvalue weighted by Gasteiger charge is -2.23. The fraction of sp³-hybridized carbons (Fsp3) is 0.208. The van der Waals surface area contributed by atoms with Gasteiger partial charge < -0.3 is 9.64 Å². The molecule has 1 atom stereocenters. The first kappa shape index (κ1) is 23.1. The normalized spacial score (nSPS) is 16.0. The third-order valence-electron chi connectivity index (χ3n) is 5.33. The number of hydrogen-bond donors (Lipinski definition) is 1. The van der Waals surface area contributed by atoms with Gasteiger partial charge in [-0.1, -0.05) is 42.8 Å². The molecule has 0 fully saturated rings. The molecular weight excluding hydrogens is 467 g/mol. The van der Waals surface area contributed by atoms with Gasteiger partial charge in [0, 0.05) is 34.9 Å². The number of nitrogens with zero attached hydrogens (tertiary/aromatic N) is 1. The van der Waals surface area contributed by atoms with E-state index < -0.39 is 21.9 Å². The molecule has 172 valence electrons. The Labute approximate surface area is 197 Å². The Morgan fingerprint density at radius 1 is 1.12 bits per heavy atom. The van der Waals surface area contributed by atoms with Gasteiger partial charge in [-0.2, -0.15) is 0 Å². The number of nitrogens with one attached hydrogen (secondary N) is 1. The second-order valence-electron chi connectivity index (χ2n) is 7.69. The number of amides is 1. The number of hydrogen-bond acceptors (Lipinski definition) is 4. The largest absolute Gasteiger partial charge is 0.480 e. The highest BCUT2D eigenvalue weighted by atomic mass is 35.5. The molecule has 0 aliphatic carbocycles. The predicted octanol–water partition coefficient (Wildman–Crippen LogP) is 4.98. The maximum atomic E-state index is 14.2. The summed E-state index contributed by atoms with van der Waals surface area (Å²) in [5.41, 5.74) is 1.31. The Balaban J connectivity index is 1.64. The SMILES string of the molecule is CCC1Oc2ccc(NS(=O)(=O)c3cccc(Cl)c3)cc2CN(Cc2ccccc2F)C1=O. The zero-order valence-electron chi connectivity index (χ0n) is 17.8. The van der Waals surface area contributed by atoms with Crippen LogP contribution in [0.25, 0.3) is 0 Å². The maximum absolute atomic E-state index is 14.2. The van der Waals surface area contributed by atoms with Gasteiger partial charge in [0.05, 0.1) is 4.90 Å². The van der Waals surface area contributed by atoms with Crippen LogP contribution in [0.15, 0.2) is 71.6 Å². The van der Waals surface area contributed by atoms with Crippen molar-refractivity contribution in [3.05, 3.63) is 88.7 Å². The molecule has 1 unspecified atom stereocenters. The van der Waals surface area contributed by atoms with Crippen molar-refractivity contribution in [2.75, 3.05) is 4.72 Å². The first-order chi connectivity index (χ1) is 15.8. The van der Waals surface area contributed by atoms with E-state index in [0.717, 1.165) is 0 Å². The zero-order valence-corrected chi connectivity index (χ0v) is 19.4. The third-order valence-corrected chi connectivity index (χ3v) is 6.94. The van der Waals surface area contributed by atoms with Crippen LogP contribution in [0.4, 0.5) is 10.1 Å². The molecule has 1 aliphatic heterocycles. The van der Waals surface area contributed by atoms with Crippen molar-refractivity contribution in [3.63, 3.8) is 0 Å². The maximum Gasteiger partial charge on any atom is 0.264 e. The van der Waals surface area contributed by atoms with E-state index in [1.165, 1.54) is 23.1 Å². The summed E-state index contributed by atoms with van der Waals surface area (Å²) in [7, 11) is -3.87. The van der Waals surface area contributed by atoms with Crippen molar-refractivity contribution >= 4 is 33.2 Å². The molecule has 9 heteroatoms. The lowest BCUT2D eigenvalue weighted by molar-refractivity contribution is -0.139. The van der Waals surface area contributed by atoms with E-state index in [2.05, 4.69) is 4.72 Å². The van der Waals surface area contributed by atoms with Crippen molar-refractivity contribution in [3.8, 4) is 5.75 Å².